The molecule has 4 nitrogen and oxygen atoms in total. The standard InChI is InChI=1S/C14H21NO3/c1-12-10-13(11-16)4-5-14(12)15(6-8-17-2)7-9-18-3/h4-5,10-11H,6-9H2,1-3H3. The predicted molar refractivity (Wildman–Crippen MR) is 72.5 cm³/mol. The number of hydrogen-bond donors (Lipinski definition) is 0. The molecule has 0 aliphatic carbocycles. The Morgan fingerprint density at radius 2 is 1.78 bits per heavy atom. The second-order valence-corrected chi connectivity index (χ2v) is 4.14. The molecule has 0 unspecified atom stereocenters. The minimum absolute atomic E-state index is 0.665. The maximum atomic E-state index is 10.7. The highest BCUT2D eigenvalue weighted by Crippen LogP contribution is 2.20. The average molecular weight is 251 g/mol. The highest BCUT2D eigenvalue weighted by molar-refractivity contribution is 5.76. The lowest BCUT2D eigenvalue weighted by atomic mass is 10.1. The van der Waals surface area contributed by atoms with Crippen LogP contribution in [-0.2, 0) is 9.47 Å². The molecule has 0 N–H and O–H groups in total. The smallest absolute Gasteiger partial charge is 0.150 e. The van der Waals surface area contributed by atoms with Crippen LogP contribution >= 0.6 is 0 Å². The number of methoxy groups -OCH3 is 2. The molecule has 100 valence electrons. The highest BCUT2D eigenvalue weighted by Gasteiger charge is 2.09. The topological polar surface area (TPSA) is 38.8 Å². The molecule has 0 saturated carbocycles. The molecule has 0 aromatic heterocycles. The zero-order valence-electron chi connectivity index (χ0n) is 11.3. The molecule has 0 saturated heterocycles. The number of carbonyl (C=O) groups is 1. The van der Waals surface area contributed by atoms with Crippen LogP contribution in [0, 0.1) is 6.92 Å². The Hall–Kier alpha value is -1.39. The van der Waals surface area contributed by atoms with Crippen LogP contribution in [0.2, 0.25) is 0 Å². The Labute approximate surface area is 108 Å². The third kappa shape index (κ3) is 4.13. The monoisotopic (exact) mass is 251 g/mol. The summed E-state index contributed by atoms with van der Waals surface area (Å²) in [7, 11) is 3.38. The zero-order valence-corrected chi connectivity index (χ0v) is 11.3. The molecule has 0 fully saturated rings. The first kappa shape index (κ1) is 14.7. The highest BCUT2D eigenvalue weighted by atomic mass is 16.5. The summed E-state index contributed by atoms with van der Waals surface area (Å²) in [4.78, 5) is 12.9. The van der Waals surface area contributed by atoms with Crippen LogP contribution in [0.4, 0.5) is 5.69 Å². The number of aryl methyl sites for hydroxylation is 1. The van der Waals surface area contributed by atoms with Crippen LogP contribution in [0.1, 0.15) is 15.9 Å². The van der Waals surface area contributed by atoms with Gasteiger partial charge in [0.05, 0.1) is 13.2 Å². The molecule has 0 radical (unpaired) electrons. The summed E-state index contributed by atoms with van der Waals surface area (Å²) in [6.45, 7) is 4.95. The molecule has 0 spiro atoms. The van der Waals surface area contributed by atoms with E-state index in [4.69, 9.17) is 9.47 Å². The third-order valence-electron chi connectivity index (χ3n) is 2.83. The van der Waals surface area contributed by atoms with Crippen molar-refractivity contribution < 1.29 is 14.3 Å². The minimum Gasteiger partial charge on any atom is -0.383 e. The van der Waals surface area contributed by atoms with Gasteiger partial charge in [0.15, 0.2) is 0 Å². The number of benzene rings is 1. The number of nitrogens with zero attached hydrogens (tertiary/aromatic N) is 1. The molecular formula is C14H21NO3. The summed E-state index contributed by atoms with van der Waals surface area (Å²) in [5.41, 5.74) is 2.91. The predicted octanol–water partition coefficient (Wildman–Crippen LogP) is 1.91. The van der Waals surface area contributed by atoms with Crippen molar-refractivity contribution in [3.05, 3.63) is 29.3 Å². The van der Waals surface area contributed by atoms with E-state index in [-0.39, 0.29) is 0 Å². The summed E-state index contributed by atoms with van der Waals surface area (Å²) in [6.07, 6.45) is 0.866. The van der Waals surface area contributed by atoms with Crippen molar-refractivity contribution in [2.45, 2.75) is 6.92 Å². The van der Waals surface area contributed by atoms with Crippen molar-refractivity contribution in [2.75, 3.05) is 45.4 Å². The summed E-state index contributed by atoms with van der Waals surface area (Å²) < 4.78 is 10.2. The second kappa shape index (κ2) is 7.84. The van der Waals surface area contributed by atoms with Crippen molar-refractivity contribution in [1.29, 1.82) is 0 Å². The molecule has 0 aliphatic rings. The van der Waals surface area contributed by atoms with E-state index in [1.807, 2.05) is 25.1 Å². The van der Waals surface area contributed by atoms with E-state index in [9.17, 15) is 4.79 Å². The number of ether oxygens (including phenoxy) is 2. The molecule has 0 heterocycles. The molecule has 0 aliphatic heterocycles. The van der Waals surface area contributed by atoms with E-state index in [0.717, 1.165) is 30.6 Å². The van der Waals surface area contributed by atoms with Gasteiger partial charge in [-0.1, -0.05) is 0 Å². The summed E-state index contributed by atoms with van der Waals surface area (Å²) in [6, 6.07) is 5.71. The second-order valence-electron chi connectivity index (χ2n) is 4.14. The third-order valence-corrected chi connectivity index (χ3v) is 2.83. The fourth-order valence-corrected chi connectivity index (χ4v) is 1.86. The van der Waals surface area contributed by atoms with Gasteiger partial charge >= 0.3 is 0 Å². The first-order chi connectivity index (χ1) is 8.72. The maximum absolute atomic E-state index is 10.7. The number of carbonyl (C=O) groups excluding carboxylic acids is 1. The van der Waals surface area contributed by atoms with E-state index in [0.29, 0.717) is 18.8 Å². The Bertz CT molecular complexity index is 371. The Morgan fingerprint density at radius 3 is 2.22 bits per heavy atom. The minimum atomic E-state index is 0.665. The molecule has 0 bridgehead atoms. The van der Waals surface area contributed by atoms with Crippen molar-refractivity contribution in [2.24, 2.45) is 0 Å². The van der Waals surface area contributed by atoms with Gasteiger partial charge in [-0.15, -0.1) is 0 Å². The molecule has 0 atom stereocenters. The average Bonchev–Trinajstić information content (AvgIpc) is 2.39. The first-order valence-electron chi connectivity index (χ1n) is 6.01. The molecule has 1 rings (SSSR count). The molecule has 1 aromatic rings. The van der Waals surface area contributed by atoms with Gasteiger partial charge in [-0.05, 0) is 30.7 Å². The fraction of sp³-hybridized carbons (Fsp3) is 0.500. The Kier molecular flexibility index (Phi) is 6.39. The van der Waals surface area contributed by atoms with Crippen molar-refractivity contribution in [3.8, 4) is 0 Å². The van der Waals surface area contributed by atoms with Gasteiger partial charge in [-0.25, -0.2) is 0 Å². The summed E-state index contributed by atoms with van der Waals surface area (Å²) >= 11 is 0. The van der Waals surface area contributed by atoms with Crippen LogP contribution in [0.15, 0.2) is 18.2 Å². The molecule has 4 heteroatoms. The lowest BCUT2D eigenvalue weighted by molar-refractivity contribution is 0.112. The van der Waals surface area contributed by atoms with Gasteiger partial charge < -0.3 is 14.4 Å². The van der Waals surface area contributed by atoms with E-state index < -0.39 is 0 Å². The lowest BCUT2D eigenvalue weighted by Gasteiger charge is -2.26. The number of rotatable bonds is 8. The van der Waals surface area contributed by atoms with E-state index in [1.165, 1.54) is 0 Å². The zero-order chi connectivity index (χ0) is 13.4. The van der Waals surface area contributed by atoms with Gasteiger partial charge in [0.2, 0.25) is 0 Å². The van der Waals surface area contributed by atoms with E-state index in [2.05, 4.69) is 4.90 Å². The number of hydrogen-bond acceptors (Lipinski definition) is 4. The quantitative estimate of drug-likeness (QED) is 0.662. The first-order valence-corrected chi connectivity index (χ1v) is 6.01. The van der Waals surface area contributed by atoms with Gasteiger partial charge in [0.25, 0.3) is 0 Å². The number of aldehydes is 1. The van der Waals surface area contributed by atoms with Gasteiger partial charge in [0, 0.05) is 38.6 Å². The normalized spacial score (nSPS) is 10.4. The fourth-order valence-electron chi connectivity index (χ4n) is 1.86. The summed E-state index contributed by atoms with van der Waals surface area (Å²) in [5, 5.41) is 0. The Morgan fingerprint density at radius 1 is 1.17 bits per heavy atom. The maximum Gasteiger partial charge on any atom is 0.150 e. The Balaban J connectivity index is 2.85. The van der Waals surface area contributed by atoms with Gasteiger partial charge in [0.1, 0.15) is 6.29 Å². The number of anilines is 1. The van der Waals surface area contributed by atoms with Crippen molar-refractivity contribution in [3.63, 3.8) is 0 Å². The molecule has 18 heavy (non-hydrogen) atoms. The largest absolute Gasteiger partial charge is 0.383 e. The molecule has 0 amide bonds. The van der Waals surface area contributed by atoms with Crippen LogP contribution in [-0.4, -0.2) is 46.8 Å². The molecular weight excluding hydrogens is 230 g/mol. The van der Waals surface area contributed by atoms with E-state index in [1.54, 1.807) is 14.2 Å². The van der Waals surface area contributed by atoms with Crippen LogP contribution in [0.3, 0.4) is 0 Å². The van der Waals surface area contributed by atoms with Crippen LogP contribution in [0.5, 0.6) is 0 Å². The van der Waals surface area contributed by atoms with Crippen molar-refractivity contribution in [1.82, 2.24) is 0 Å². The lowest BCUT2D eigenvalue weighted by Crippen LogP contribution is -2.31. The SMILES string of the molecule is COCCN(CCOC)c1ccc(C=O)cc1C. The molecule has 1 aromatic carbocycles. The van der Waals surface area contributed by atoms with Crippen molar-refractivity contribution >= 4 is 12.0 Å². The van der Waals surface area contributed by atoms with Crippen LogP contribution in [0.25, 0.3) is 0 Å². The van der Waals surface area contributed by atoms with Gasteiger partial charge in [-0.2, -0.15) is 0 Å². The van der Waals surface area contributed by atoms with Gasteiger partial charge in [-0.3, -0.25) is 4.79 Å². The van der Waals surface area contributed by atoms with Crippen LogP contribution < -0.4 is 4.90 Å². The summed E-state index contributed by atoms with van der Waals surface area (Å²) in [5.74, 6) is 0. The van der Waals surface area contributed by atoms with E-state index >= 15 is 0 Å².